The van der Waals surface area contributed by atoms with Gasteiger partial charge >= 0.3 is 5.70 Å². The maximum atomic E-state index is 10.5. The van der Waals surface area contributed by atoms with Crippen LogP contribution in [0.1, 0.15) is 12.8 Å². The molecule has 0 aromatic carbocycles. The zero-order valence-electron chi connectivity index (χ0n) is 7.77. The first kappa shape index (κ1) is 11.7. The Kier molecular flexibility index (Phi) is 2.92. The number of hydrogen-bond donors (Lipinski definition) is 2. The van der Waals surface area contributed by atoms with Crippen molar-refractivity contribution in [2.75, 3.05) is 0 Å². The van der Waals surface area contributed by atoms with Crippen molar-refractivity contribution in [3.8, 4) is 0 Å². The highest BCUT2D eigenvalue weighted by atomic mass is 16.8. The molecule has 1 aliphatic carbocycles. The van der Waals surface area contributed by atoms with Gasteiger partial charge in [0.25, 0.3) is 11.5 Å². The molecule has 1 unspecified atom stereocenters. The number of nitro groups is 2. The van der Waals surface area contributed by atoms with Gasteiger partial charge in [-0.05, 0) is 0 Å². The summed E-state index contributed by atoms with van der Waals surface area (Å²) in [5.41, 5.74) is -1.63. The van der Waals surface area contributed by atoms with E-state index in [1.54, 1.807) is 0 Å². The molecule has 1 rings (SSSR count). The molecule has 10 heteroatoms. The molecular weight excluding hydrogens is 226 g/mol. The predicted molar refractivity (Wildman–Crippen MR) is 47.1 cm³/mol. The second-order valence-electron chi connectivity index (χ2n) is 3.12. The number of aliphatic hydroxyl groups is 1. The number of rotatable bonds is 2. The number of nitrogens with zero attached hydrogens (tertiary/aromatic N) is 3. The molecule has 88 valence electrons. The summed E-state index contributed by atoms with van der Waals surface area (Å²) in [6, 6.07) is -1.41. The van der Waals surface area contributed by atoms with Gasteiger partial charge in [-0.25, -0.2) is 0 Å². The summed E-state index contributed by atoms with van der Waals surface area (Å²) in [7, 11) is 0. The van der Waals surface area contributed by atoms with E-state index in [1.807, 2.05) is 0 Å². The Bertz CT molecular complexity index is 408. The van der Waals surface area contributed by atoms with Gasteiger partial charge in [-0.1, -0.05) is 0 Å². The average Bonchev–Trinajstić information content (AvgIpc) is 2.16. The van der Waals surface area contributed by atoms with Gasteiger partial charge in [0.05, 0.1) is 4.92 Å². The topological polar surface area (TPSA) is 153 Å². The Labute approximate surface area is 87.6 Å². The molecule has 0 aromatic rings. The highest BCUT2D eigenvalue weighted by Crippen LogP contribution is 2.23. The molecule has 0 aliphatic heterocycles. The third-order valence-electron chi connectivity index (χ3n) is 2.15. The minimum absolute atomic E-state index is 0.559. The summed E-state index contributed by atoms with van der Waals surface area (Å²) in [6.45, 7) is 0. The molecule has 1 aliphatic rings. The standard InChI is InChI=1S/C6H7N3O7/c10-6-4(8(13)14)1-3(7(11)12)2-5(6)9(15)16/h3,10H,1-2H2,(H,13,14). The van der Waals surface area contributed by atoms with Crippen LogP contribution < -0.4 is 0 Å². The average molecular weight is 233 g/mol. The molecule has 0 aromatic heterocycles. The molecule has 0 amide bonds. The van der Waals surface area contributed by atoms with Gasteiger partial charge in [0.1, 0.15) is 12.8 Å². The molecule has 0 saturated carbocycles. The third-order valence-corrected chi connectivity index (χ3v) is 2.15. The van der Waals surface area contributed by atoms with Crippen molar-refractivity contribution in [3.63, 3.8) is 0 Å². The summed E-state index contributed by atoms with van der Waals surface area (Å²) >= 11 is 0. The quantitative estimate of drug-likeness (QED) is 0.290. The Morgan fingerprint density at radius 2 is 1.75 bits per heavy atom. The molecule has 0 bridgehead atoms. The first-order valence-corrected chi connectivity index (χ1v) is 4.07. The summed E-state index contributed by atoms with van der Waals surface area (Å²) in [6.07, 6.45) is -1.15. The molecule has 0 saturated heterocycles. The van der Waals surface area contributed by atoms with Crippen LogP contribution in [0.4, 0.5) is 0 Å². The Hall–Kier alpha value is -2.39. The normalized spacial score (nSPS) is 24.1. The van der Waals surface area contributed by atoms with Crippen molar-refractivity contribution in [1.82, 2.24) is 0 Å². The van der Waals surface area contributed by atoms with Crippen LogP contribution in [0.3, 0.4) is 0 Å². The van der Waals surface area contributed by atoms with Crippen LogP contribution in [0.2, 0.25) is 0 Å². The van der Waals surface area contributed by atoms with Gasteiger partial charge in [-0.15, -0.1) is 0 Å². The number of aliphatic hydroxyl groups excluding tert-OH is 1. The smallest absolute Gasteiger partial charge is 0.301 e. The fourth-order valence-corrected chi connectivity index (χ4v) is 1.36. The highest BCUT2D eigenvalue weighted by Gasteiger charge is 2.44. The van der Waals surface area contributed by atoms with E-state index >= 15 is 0 Å². The van der Waals surface area contributed by atoms with Crippen molar-refractivity contribution < 1.29 is 25.1 Å². The third kappa shape index (κ3) is 1.99. The minimum atomic E-state index is -1.41. The number of hydrogen-bond acceptors (Lipinski definition) is 7. The Morgan fingerprint density at radius 1 is 1.19 bits per heavy atom. The van der Waals surface area contributed by atoms with Gasteiger partial charge in [-0.2, -0.15) is 0 Å². The molecule has 0 fully saturated rings. The summed E-state index contributed by atoms with van der Waals surface area (Å²) < 4.78 is 0. The minimum Gasteiger partial charge on any atom is -0.498 e. The maximum Gasteiger partial charge on any atom is 0.301 e. The first-order chi connectivity index (χ1) is 7.34. The van der Waals surface area contributed by atoms with Crippen LogP contribution >= 0.6 is 0 Å². The lowest BCUT2D eigenvalue weighted by Crippen LogP contribution is -2.34. The zero-order chi connectivity index (χ0) is 12.5. The molecule has 2 N–H and O–H groups in total. The van der Waals surface area contributed by atoms with Crippen LogP contribution in [0.5, 0.6) is 0 Å². The van der Waals surface area contributed by atoms with Gasteiger partial charge in [0, 0.05) is 9.83 Å². The molecule has 10 nitrogen and oxygen atoms in total. The van der Waals surface area contributed by atoms with E-state index in [1.165, 1.54) is 0 Å². The maximum absolute atomic E-state index is 10.5. The van der Waals surface area contributed by atoms with Crippen molar-refractivity contribution in [3.05, 3.63) is 36.9 Å². The van der Waals surface area contributed by atoms with E-state index in [4.69, 9.17) is 5.21 Å². The lowest BCUT2D eigenvalue weighted by molar-refractivity contribution is -0.727. The summed E-state index contributed by atoms with van der Waals surface area (Å²) in [5, 5.41) is 49.2. The van der Waals surface area contributed by atoms with E-state index in [9.17, 15) is 30.5 Å². The van der Waals surface area contributed by atoms with Crippen LogP contribution in [0.25, 0.3) is 0 Å². The second-order valence-corrected chi connectivity index (χ2v) is 3.12. The molecule has 0 heterocycles. The largest absolute Gasteiger partial charge is 0.498 e. The van der Waals surface area contributed by atoms with E-state index in [0.717, 1.165) is 0 Å². The SMILES string of the molecule is O=[N+]([O-])C1=C(O)C(=[N+]([O-])O)CC([N+](=O)[O-])C1. The monoisotopic (exact) mass is 233 g/mol. The summed E-state index contributed by atoms with van der Waals surface area (Å²) in [5.74, 6) is -1.01. The molecular formula is C6H7N3O7. The van der Waals surface area contributed by atoms with E-state index < -0.39 is 50.8 Å². The molecule has 0 spiro atoms. The second kappa shape index (κ2) is 4.00. The highest BCUT2D eigenvalue weighted by molar-refractivity contribution is 5.95. The van der Waals surface area contributed by atoms with Gasteiger partial charge < -0.3 is 10.3 Å². The molecule has 0 radical (unpaired) electrons. The van der Waals surface area contributed by atoms with Gasteiger partial charge in [0.2, 0.25) is 6.04 Å². The lowest BCUT2D eigenvalue weighted by Gasteiger charge is -2.12. The fourth-order valence-electron chi connectivity index (χ4n) is 1.36. The Morgan fingerprint density at radius 3 is 2.12 bits per heavy atom. The van der Waals surface area contributed by atoms with E-state index in [2.05, 4.69) is 0 Å². The fraction of sp³-hybridized carbons (Fsp3) is 0.500. The Balaban J connectivity index is 3.24. The van der Waals surface area contributed by atoms with Gasteiger partial charge in [0.15, 0.2) is 0 Å². The van der Waals surface area contributed by atoms with E-state index in [-0.39, 0.29) is 0 Å². The lowest BCUT2D eigenvalue weighted by atomic mass is 9.96. The van der Waals surface area contributed by atoms with Crippen LogP contribution in [0, 0.1) is 25.4 Å². The van der Waals surface area contributed by atoms with Crippen molar-refractivity contribution in [2.24, 2.45) is 0 Å². The van der Waals surface area contributed by atoms with Crippen molar-refractivity contribution in [1.29, 1.82) is 0 Å². The molecule has 1 atom stereocenters. The van der Waals surface area contributed by atoms with Gasteiger partial charge in [-0.3, -0.25) is 25.4 Å². The predicted octanol–water partition coefficient (Wildman–Crippen LogP) is -0.188. The molecule has 16 heavy (non-hydrogen) atoms. The number of allylic oxidation sites excluding steroid dienone is 1. The first-order valence-electron chi connectivity index (χ1n) is 4.07. The zero-order valence-corrected chi connectivity index (χ0v) is 7.77. The summed E-state index contributed by atoms with van der Waals surface area (Å²) in [4.78, 5) is 18.3. The van der Waals surface area contributed by atoms with Crippen LogP contribution in [-0.2, 0) is 0 Å². The van der Waals surface area contributed by atoms with Crippen LogP contribution in [0.15, 0.2) is 11.5 Å². The van der Waals surface area contributed by atoms with Crippen molar-refractivity contribution in [2.45, 2.75) is 18.9 Å². The van der Waals surface area contributed by atoms with Crippen LogP contribution in [-0.4, -0.2) is 36.8 Å². The van der Waals surface area contributed by atoms with Crippen molar-refractivity contribution >= 4 is 5.71 Å². The van der Waals surface area contributed by atoms with E-state index in [0.29, 0.717) is 0 Å².